The molecule has 2 aliphatic rings. The maximum atomic E-state index is 10.9. The molecule has 1 saturated carbocycles. The van der Waals surface area contributed by atoms with Crippen LogP contribution in [0.1, 0.15) is 40.5 Å². The van der Waals surface area contributed by atoms with Crippen LogP contribution in [0.2, 0.25) is 0 Å². The van der Waals surface area contributed by atoms with Gasteiger partial charge in [0.1, 0.15) is 6.10 Å². The minimum absolute atomic E-state index is 0.0653. The van der Waals surface area contributed by atoms with Crippen LogP contribution >= 0.6 is 0 Å². The van der Waals surface area contributed by atoms with Gasteiger partial charge in [0.05, 0.1) is 11.7 Å². The number of hydrazine groups is 1. The summed E-state index contributed by atoms with van der Waals surface area (Å²) in [7, 11) is 0. The number of ether oxygens (including phenoxy) is 1. The predicted molar refractivity (Wildman–Crippen MR) is 76.3 cm³/mol. The van der Waals surface area contributed by atoms with E-state index in [1.165, 1.54) is 0 Å². The van der Waals surface area contributed by atoms with E-state index >= 15 is 0 Å². The van der Waals surface area contributed by atoms with Gasteiger partial charge in [-0.3, -0.25) is 11.3 Å². The normalized spacial score (nSPS) is 47.0. The molecule has 2 rings (SSSR count). The molecule has 4 N–H and O–H groups in total. The van der Waals surface area contributed by atoms with Crippen molar-refractivity contribution in [2.45, 2.75) is 64.4 Å². The fraction of sp³-hybridized carbons (Fsp3) is 0.867. The van der Waals surface area contributed by atoms with Crippen molar-refractivity contribution in [3.05, 3.63) is 12.2 Å². The van der Waals surface area contributed by atoms with Gasteiger partial charge in [0.25, 0.3) is 0 Å². The van der Waals surface area contributed by atoms with Crippen LogP contribution in [0.3, 0.4) is 0 Å². The van der Waals surface area contributed by atoms with Gasteiger partial charge < -0.3 is 9.84 Å². The highest BCUT2D eigenvalue weighted by atomic mass is 16.5. The van der Waals surface area contributed by atoms with Gasteiger partial charge in [-0.2, -0.15) is 0 Å². The molecular formula is C15H28N2O2. The van der Waals surface area contributed by atoms with E-state index in [4.69, 9.17) is 10.6 Å². The Morgan fingerprint density at radius 3 is 2.68 bits per heavy atom. The van der Waals surface area contributed by atoms with Crippen molar-refractivity contribution >= 4 is 0 Å². The summed E-state index contributed by atoms with van der Waals surface area (Å²) in [4.78, 5) is 0. The molecule has 0 aromatic carbocycles. The molecule has 4 heteroatoms. The van der Waals surface area contributed by atoms with E-state index < -0.39 is 5.60 Å². The molecule has 0 amide bonds. The van der Waals surface area contributed by atoms with Gasteiger partial charge in [-0.1, -0.05) is 32.9 Å². The number of fused-ring (bicyclic) bond motifs is 1. The quantitative estimate of drug-likeness (QED) is 0.413. The third-order valence-corrected chi connectivity index (χ3v) is 4.58. The lowest BCUT2D eigenvalue weighted by Gasteiger charge is -2.40. The average molecular weight is 268 g/mol. The minimum Gasteiger partial charge on any atom is -0.387 e. The molecule has 4 unspecified atom stereocenters. The number of nitrogens with two attached hydrogens (primary N) is 1. The molecule has 0 radical (unpaired) electrons. The average Bonchev–Trinajstić information content (AvgIpc) is 2.56. The molecule has 19 heavy (non-hydrogen) atoms. The fourth-order valence-corrected chi connectivity index (χ4v) is 3.65. The number of nitrogens with one attached hydrogen (secondary N) is 1. The van der Waals surface area contributed by atoms with Crippen LogP contribution in [0.15, 0.2) is 12.2 Å². The van der Waals surface area contributed by atoms with E-state index in [2.05, 4.69) is 32.3 Å². The molecule has 1 heterocycles. The zero-order chi connectivity index (χ0) is 14.2. The van der Waals surface area contributed by atoms with Crippen molar-refractivity contribution in [3.63, 3.8) is 0 Å². The molecule has 2 fully saturated rings. The lowest BCUT2D eigenvalue weighted by molar-refractivity contribution is -0.0232. The highest BCUT2D eigenvalue weighted by Crippen LogP contribution is 2.46. The number of hydrogen-bond acceptors (Lipinski definition) is 4. The maximum Gasteiger partial charge on any atom is 0.105 e. The van der Waals surface area contributed by atoms with Crippen LogP contribution in [0.5, 0.6) is 0 Å². The van der Waals surface area contributed by atoms with Crippen molar-refractivity contribution in [2.75, 3.05) is 0 Å². The van der Waals surface area contributed by atoms with Crippen molar-refractivity contribution in [3.8, 4) is 0 Å². The van der Waals surface area contributed by atoms with E-state index in [0.717, 1.165) is 12.8 Å². The lowest BCUT2D eigenvalue weighted by Crippen LogP contribution is -2.56. The molecule has 1 aliphatic carbocycles. The zero-order valence-corrected chi connectivity index (χ0v) is 12.5. The Labute approximate surface area is 116 Å². The summed E-state index contributed by atoms with van der Waals surface area (Å²) >= 11 is 0. The van der Waals surface area contributed by atoms with Gasteiger partial charge in [-0.25, -0.2) is 0 Å². The summed E-state index contributed by atoms with van der Waals surface area (Å²) in [6.07, 6.45) is 5.99. The van der Waals surface area contributed by atoms with Crippen molar-refractivity contribution in [2.24, 2.45) is 23.6 Å². The van der Waals surface area contributed by atoms with Gasteiger partial charge in [0.15, 0.2) is 0 Å². The second-order valence-electron chi connectivity index (χ2n) is 6.83. The smallest absolute Gasteiger partial charge is 0.105 e. The van der Waals surface area contributed by atoms with Crippen molar-refractivity contribution < 1.29 is 9.84 Å². The maximum absolute atomic E-state index is 10.9. The van der Waals surface area contributed by atoms with Gasteiger partial charge in [0.2, 0.25) is 0 Å². The van der Waals surface area contributed by atoms with E-state index in [9.17, 15) is 5.11 Å². The predicted octanol–water partition coefficient (Wildman–Crippen LogP) is 1.59. The van der Waals surface area contributed by atoms with Crippen LogP contribution in [0, 0.1) is 17.8 Å². The van der Waals surface area contributed by atoms with Crippen LogP contribution in [-0.4, -0.2) is 29.0 Å². The number of allylic oxidation sites excluding steroid dienone is 1. The molecule has 1 aliphatic heterocycles. The largest absolute Gasteiger partial charge is 0.387 e. The van der Waals surface area contributed by atoms with Gasteiger partial charge in [-0.15, -0.1) is 0 Å². The Kier molecular flexibility index (Phi) is 4.35. The third-order valence-electron chi connectivity index (χ3n) is 4.58. The second kappa shape index (κ2) is 5.52. The topological polar surface area (TPSA) is 67.5 Å². The van der Waals surface area contributed by atoms with E-state index in [0.29, 0.717) is 11.8 Å². The molecule has 0 aromatic heterocycles. The zero-order valence-electron chi connectivity index (χ0n) is 12.5. The first-order chi connectivity index (χ1) is 8.86. The number of aliphatic hydroxyl groups is 1. The van der Waals surface area contributed by atoms with E-state index in [1.54, 1.807) is 0 Å². The Morgan fingerprint density at radius 1 is 1.42 bits per heavy atom. The summed E-state index contributed by atoms with van der Waals surface area (Å²) in [6, 6.07) is 0.126. The molecule has 4 nitrogen and oxygen atoms in total. The first-order valence-electron chi connectivity index (χ1n) is 7.38. The Morgan fingerprint density at radius 2 is 2.11 bits per heavy atom. The van der Waals surface area contributed by atoms with Gasteiger partial charge in [0, 0.05) is 12.0 Å². The Bertz CT molecular complexity index is 341. The monoisotopic (exact) mass is 268 g/mol. The molecule has 0 bridgehead atoms. The molecule has 6 atom stereocenters. The summed E-state index contributed by atoms with van der Waals surface area (Å²) < 4.78 is 6.10. The van der Waals surface area contributed by atoms with Crippen LogP contribution in [-0.2, 0) is 4.74 Å². The fourth-order valence-electron chi connectivity index (χ4n) is 3.65. The molecule has 110 valence electrons. The Hall–Kier alpha value is -0.420. The molecular weight excluding hydrogens is 240 g/mol. The van der Waals surface area contributed by atoms with Crippen LogP contribution < -0.4 is 11.3 Å². The van der Waals surface area contributed by atoms with E-state index in [-0.39, 0.29) is 24.2 Å². The number of hydrogen-bond donors (Lipinski definition) is 3. The lowest BCUT2D eigenvalue weighted by atomic mass is 9.70. The SMILES string of the molecule is CC(C)/C=C/C1OC2C[C@@H](C)CC(NN)C2[C@@]1(C)O. The summed E-state index contributed by atoms with van der Waals surface area (Å²) in [5, 5.41) is 10.9. The standard InChI is InChI=1S/C15H28N2O2/c1-9(2)5-6-13-15(4,18)14-11(17-16)7-10(3)8-12(14)19-13/h5-6,9-14,17-18H,7-8,16H2,1-4H3/b6-5+/t10-,11?,12?,13?,14?,15-/m0/s1. The summed E-state index contributed by atoms with van der Waals surface area (Å²) in [6.45, 7) is 8.35. The first-order valence-corrected chi connectivity index (χ1v) is 7.38. The first kappa shape index (κ1) is 15.0. The molecule has 0 aromatic rings. The van der Waals surface area contributed by atoms with Crippen molar-refractivity contribution in [1.82, 2.24) is 5.43 Å². The molecule has 1 saturated heterocycles. The highest BCUT2D eigenvalue weighted by Gasteiger charge is 2.56. The highest BCUT2D eigenvalue weighted by molar-refractivity contribution is 5.13. The van der Waals surface area contributed by atoms with Gasteiger partial charge >= 0.3 is 0 Å². The van der Waals surface area contributed by atoms with Crippen molar-refractivity contribution in [1.29, 1.82) is 0 Å². The van der Waals surface area contributed by atoms with Crippen LogP contribution in [0.25, 0.3) is 0 Å². The molecule has 0 spiro atoms. The van der Waals surface area contributed by atoms with E-state index in [1.807, 2.05) is 13.0 Å². The minimum atomic E-state index is -0.854. The van der Waals surface area contributed by atoms with Crippen LogP contribution in [0.4, 0.5) is 0 Å². The number of rotatable bonds is 3. The summed E-state index contributed by atoms with van der Waals surface area (Å²) in [5.74, 6) is 6.78. The third kappa shape index (κ3) is 2.87. The van der Waals surface area contributed by atoms with Gasteiger partial charge in [-0.05, 0) is 31.6 Å². The Balaban J connectivity index is 2.20. The summed E-state index contributed by atoms with van der Waals surface area (Å²) in [5.41, 5.74) is 2.03. The second-order valence-corrected chi connectivity index (χ2v) is 6.83.